The quantitative estimate of drug-likeness (QED) is 0.595. The van der Waals surface area contributed by atoms with Gasteiger partial charge in [0.1, 0.15) is 5.52 Å². The standard InChI is InChI=1S/C21H20N4O2/c1-15(16-7-3-2-4-8-16)23-19(26)11-14-25-20-17(9-5-12-22-20)24-13-6-10-18(24)21(25)27/h2-10,12-13,15H,11,14H2,1H3,(H,23,26). The number of benzene rings is 1. The van der Waals surface area contributed by atoms with E-state index in [2.05, 4.69) is 10.3 Å². The molecule has 4 aromatic rings. The Morgan fingerprint density at radius 2 is 1.85 bits per heavy atom. The molecular formula is C21H20N4O2. The molecule has 4 rings (SSSR count). The Morgan fingerprint density at radius 3 is 2.67 bits per heavy atom. The largest absolute Gasteiger partial charge is 0.350 e. The van der Waals surface area contributed by atoms with Gasteiger partial charge in [-0.1, -0.05) is 30.3 Å². The number of hydrogen-bond acceptors (Lipinski definition) is 3. The van der Waals surface area contributed by atoms with Crippen molar-refractivity contribution >= 4 is 22.6 Å². The van der Waals surface area contributed by atoms with Gasteiger partial charge >= 0.3 is 0 Å². The molecule has 0 aliphatic carbocycles. The summed E-state index contributed by atoms with van der Waals surface area (Å²) >= 11 is 0. The van der Waals surface area contributed by atoms with Gasteiger partial charge in [-0.05, 0) is 36.8 Å². The average Bonchev–Trinajstić information content (AvgIpc) is 3.19. The lowest BCUT2D eigenvalue weighted by Crippen LogP contribution is -2.30. The van der Waals surface area contributed by atoms with E-state index in [-0.39, 0.29) is 30.5 Å². The van der Waals surface area contributed by atoms with Crippen molar-refractivity contribution in [3.05, 3.63) is 82.9 Å². The summed E-state index contributed by atoms with van der Waals surface area (Å²) in [6, 6.07) is 17.1. The third-order valence-corrected chi connectivity index (χ3v) is 4.73. The highest BCUT2D eigenvalue weighted by molar-refractivity contribution is 5.78. The van der Waals surface area contributed by atoms with Crippen molar-refractivity contribution in [3.63, 3.8) is 0 Å². The normalized spacial score (nSPS) is 12.3. The number of rotatable bonds is 5. The third-order valence-electron chi connectivity index (χ3n) is 4.73. The fourth-order valence-corrected chi connectivity index (χ4v) is 3.34. The van der Waals surface area contributed by atoms with Gasteiger partial charge in [0.05, 0.1) is 11.6 Å². The molecule has 0 bridgehead atoms. The molecule has 136 valence electrons. The molecule has 1 atom stereocenters. The molecule has 6 nitrogen and oxygen atoms in total. The fraction of sp³-hybridized carbons (Fsp3) is 0.190. The molecule has 0 fully saturated rings. The Balaban J connectivity index is 1.57. The van der Waals surface area contributed by atoms with Gasteiger partial charge < -0.3 is 9.72 Å². The summed E-state index contributed by atoms with van der Waals surface area (Å²) < 4.78 is 3.41. The summed E-state index contributed by atoms with van der Waals surface area (Å²) in [5.41, 5.74) is 2.90. The van der Waals surface area contributed by atoms with E-state index in [9.17, 15) is 9.59 Å². The maximum atomic E-state index is 12.8. The van der Waals surface area contributed by atoms with Crippen LogP contribution in [0.5, 0.6) is 0 Å². The fourth-order valence-electron chi connectivity index (χ4n) is 3.34. The first kappa shape index (κ1) is 17.0. The van der Waals surface area contributed by atoms with Gasteiger partial charge in [0.15, 0.2) is 5.65 Å². The van der Waals surface area contributed by atoms with E-state index >= 15 is 0 Å². The molecule has 0 aliphatic heterocycles. The van der Waals surface area contributed by atoms with Crippen LogP contribution in [0.2, 0.25) is 0 Å². The number of aryl methyl sites for hydroxylation is 1. The van der Waals surface area contributed by atoms with Gasteiger partial charge in [0.2, 0.25) is 5.91 Å². The molecule has 0 radical (unpaired) electrons. The second-order valence-electron chi connectivity index (χ2n) is 6.52. The van der Waals surface area contributed by atoms with E-state index < -0.39 is 0 Å². The van der Waals surface area contributed by atoms with E-state index in [4.69, 9.17) is 0 Å². The number of carbonyl (C=O) groups excluding carboxylic acids is 1. The van der Waals surface area contributed by atoms with Gasteiger partial charge in [-0.2, -0.15) is 0 Å². The molecule has 1 unspecified atom stereocenters. The number of pyridine rings is 1. The number of carbonyl (C=O) groups is 1. The lowest BCUT2D eigenvalue weighted by atomic mass is 10.1. The first-order valence-corrected chi connectivity index (χ1v) is 8.94. The molecule has 6 heteroatoms. The Bertz CT molecular complexity index is 1160. The smallest absolute Gasteiger partial charge is 0.276 e. The second-order valence-corrected chi connectivity index (χ2v) is 6.52. The molecule has 3 heterocycles. The van der Waals surface area contributed by atoms with Gasteiger partial charge in [-0.15, -0.1) is 0 Å². The Morgan fingerprint density at radius 1 is 1.07 bits per heavy atom. The minimum absolute atomic E-state index is 0.0848. The molecule has 3 aromatic heterocycles. The number of amides is 1. The molecule has 0 saturated heterocycles. The predicted octanol–water partition coefficient (Wildman–Crippen LogP) is 2.92. The van der Waals surface area contributed by atoms with Gasteiger partial charge in [0, 0.05) is 25.4 Å². The topological polar surface area (TPSA) is 68.4 Å². The molecule has 1 amide bonds. The van der Waals surface area contributed by atoms with Crippen LogP contribution in [0.4, 0.5) is 0 Å². The summed E-state index contributed by atoms with van der Waals surface area (Å²) in [4.78, 5) is 29.6. The first-order valence-electron chi connectivity index (χ1n) is 8.94. The average molecular weight is 360 g/mol. The molecule has 0 saturated carbocycles. The zero-order valence-corrected chi connectivity index (χ0v) is 15.0. The highest BCUT2D eigenvalue weighted by atomic mass is 16.2. The molecular weight excluding hydrogens is 340 g/mol. The van der Waals surface area contributed by atoms with Crippen LogP contribution in [-0.2, 0) is 11.3 Å². The zero-order valence-electron chi connectivity index (χ0n) is 15.0. The van der Waals surface area contributed by atoms with Crippen molar-refractivity contribution in [3.8, 4) is 0 Å². The van der Waals surface area contributed by atoms with Crippen molar-refractivity contribution < 1.29 is 4.79 Å². The van der Waals surface area contributed by atoms with Crippen molar-refractivity contribution in [1.29, 1.82) is 0 Å². The summed E-state index contributed by atoms with van der Waals surface area (Å²) in [7, 11) is 0. The van der Waals surface area contributed by atoms with E-state index in [1.54, 1.807) is 16.8 Å². The zero-order chi connectivity index (χ0) is 18.8. The van der Waals surface area contributed by atoms with Gasteiger partial charge in [-0.25, -0.2) is 4.98 Å². The summed E-state index contributed by atoms with van der Waals surface area (Å²) in [5, 5.41) is 2.99. The van der Waals surface area contributed by atoms with Gasteiger partial charge in [0.25, 0.3) is 5.56 Å². The molecule has 0 spiro atoms. The third kappa shape index (κ3) is 3.21. The SMILES string of the molecule is CC(NC(=O)CCn1c(=O)c2cccn2c2cccnc21)c1ccccc1. The van der Waals surface area contributed by atoms with Crippen LogP contribution in [-0.4, -0.2) is 19.9 Å². The number of nitrogens with zero attached hydrogens (tertiary/aromatic N) is 3. The first-order chi connectivity index (χ1) is 13.1. The van der Waals surface area contributed by atoms with Gasteiger partial charge in [-0.3, -0.25) is 14.2 Å². The van der Waals surface area contributed by atoms with Crippen LogP contribution in [0.15, 0.2) is 71.8 Å². The lowest BCUT2D eigenvalue weighted by molar-refractivity contribution is -0.121. The maximum Gasteiger partial charge on any atom is 0.276 e. The molecule has 1 N–H and O–H groups in total. The van der Waals surface area contributed by atoms with Crippen molar-refractivity contribution in [1.82, 2.24) is 19.3 Å². The maximum absolute atomic E-state index is 12.8. The number of aromatic nitrogens is 3. The summed E-state index contributed by atoms with van der Waals surface area (Å²) in [5.74, 6) is -0.0995. The summed E-state index contributed by atoms with van der Waals surface area (Å²) in [6.45, 7) is 2.23. The van der Waals surface area contributed by atoms with E-state index in [0.29, 0.717) is 11.2 Å². The van der Waals surface area contributed by atoms with Crippen molar-refractivity contribution in [2.75, 3.05) is 0 Å². The predicted molar refractivity (Wildman–Crippen MR) is 105 cm³/mol. The van der Waals surface area contributed by atoms with Crippen LogP contribution >= 0.6 is 0 Å². The highest BCUT2D eigenvalue weighted by Gasteiger charge is 2.14. The minimum atomic E-state index is -0.143. The Hall–Kier alpha value is -3.41. The number of nitrogens with one attached hydrogen (secondary N) is 1. The minimum Gasteiger partial charge on any atom is -0.350 e. The number of fused-ring (bicyclic) bond motifs is 3. The van der Waals surface area contributed by atoms with E-state index in [1.165, 1.54) is 0 Å². The summed E-state index contributed by atoms with van der Waals surface area (Å²) in [6.07, 6.45) is 3.71. The van der Waals surface area contributed by atoms with Crippen molar-refractivity contribution in [2.45, 2.75) is 25.9 Å². The lowest BCUT2D eigenvalue weighted by Gasteiger charge is -2.15. The van der Waals surface area contributed by atoms with Crippen LogP contribution in [0.25, 0.3) is 16.7 Å². The van der Waals surface area contributed by atoms with E-state index in [1.807, 2.05) is 66.1 Å². The van der Waals surface area contributed by atoms with Crippen LogP contribution in [0, 0.1) is 0 Å². The molecule has 27 heavy (non-hydrogen) atoms. The molecule has 1 aromatic carbocycles. The second kappa shape index (κ2) is 7.07. The van der Waals surface area contributed by atoms with Crippen LogP contribution < -0.4 is 10.9 Å². The van der Waals surface area contributed by atoms with E-state index in [0.717, 1.165) is 11.1 Å². The highest BCUT2D eigenvalue weighted by Crippen LogP contribution is 2.14. The Kier molecular flexibility index (Phi) is 4.46. The number of hydrogen-bond donors (Lipinski definition) is 1. The monoisotopic (exact) mass is 360 g/mol. The molecule has 0 aliphatic rings. The van der Waals surface area contributed by atoms with Crippen LogP contribution in [0.1, 0.15) is 24.9 Å². The van der Waals surface area contributed by atoms with Crippen LogP contribution in [0.3, 0.4) is 0 Å². The van der Waals surface area contributed by atoms with Crippen molar-refractivity contribution in [2.24, 2.45) is 0 Å². The Labute approximate surface area is 156 Å².